The number of rotatable bonds is 6. The van der Waals surface area contributed by atoms with Crippen molar-refractivity contribution in [2.24, 2.45) is 0 Å². The molecule has 0 aliphatic rings. The van der Waals surface area contributed by atoms with Crippen molar-refractivity contribution in [3.05, 3.63) is 70.9 Å². The van der Waals surface area contributed by atoms with Gasteiger partial charge in [-0.05, 0) is 24.6 Å². The molecular weight excluding hydrogens is 306 g/mol. The molecule has 1 aromatic carbocycles. The standard InChI is InChI=1S/C18H19N3OS/c1-13-5-4-6-14(9-13)17(22)11-19-10-15-12-23-18(21-15)16-7-2-3-8-20-16/h2-9,12,17,19,22H,10-11H2,1H3. The topological polar surface area (TPSA) is 58.0 Å². The molecule has 0 radical (unpaired) electrons. The number of hydrogen-bond donors (Lipinski definition) is 2. The zero-order valence-corrected chi connectivity index (χ0v) is 13.8. The first-order valence-corrected chi connectivity index (χ1v) is 8.41. The number of aromatic nitrogens is 2. The van der Waals surface area contributed by atoms with Gasteiger partial charge in [0.05, 0.1) is 17.5 Å². The largest absolute Gasteiger partial charge is 0.387 e. The third-order valence-electron chi connectivity index (χ3n) is 3.51. The summed E-state index contributed by atoms with van der Waals surface area (Å²) in [6.07, 6.45) is 1.26. The summed E-state index contributed by atoms with van der Waals surface area (Å²) in [6.45, 7) is 3.16. The summed E-state index contributed by atoms with van der Waals surface area (Å²) >= 11 is 1.58. The molecule has 5 heteroatoms. The molecule has 3 aromatic rings. The van der Waals surface area contributed by atoms with E-state index in [1.54, 1.807) is 17.5 Å². The predicted molar refractivity (Wildman–Crippen MR) is 93.2 cm³/mol. The molecule has 4 nitrogen and oxygen atoms in total. The van der Waals surface area contributed by atoms with Crippen LogP contribution < -0.4 is 5.32 Å². The number of aryl methyl sites for hydroxylation is 1. The van der Waals surface area contributed by atoms with E-state index in [0.717, 1.165) is 27.5 Å². The number of nitrogens with one attached hydrogen (secondary N) is 1. The van der Waals surface area contributed by atoms with Crippen LogP contribution in [0.1, 0.15) is 22.9 Å². The quantitative estimate of drug-likeness (QED) is 0.730. The maximum Gasteiger partial charge on any atom is 0.142 e. The molecule has 23 heavy (non-hydrogen) atoms. The molecule has 0 aliphatic heterocycles. The molecule has 0 amide bonds. The number of benzene rings is 1. The Bertz CT molecular complexity index is 758. The van der Waals surface area contributed by atoms with Crippen molar-refractivity contribution in [2.75, 3.05) is 6.54 Å². The number of aliphatic hydroxyl groups excluding tert-OH is 1. The molecule has 1 atom stereocenters. The van der Waals surface area contributed by atoms with Crippen molar-refractivity contribution >= 4 is 11.3 Å². The normalized spacial score (nSPS) is 12.3. The minimum Gasteiger partial charge on any atom is -0.387 e. The van der Waals surface area contributed by atoms with Crippen molar-refractivity contribution in [1.82, 2.24) is 15.3 Å². The van der Waals surface area contributed by atoms with Gasteiger partial charge in [-0.3, -0.25) is 4.98 Å². The number of aliphatic hydroxyl groups is 1. The number of thiazole rings is 1. The fourth-order valence-electron chi connectivity index (χ4n) is 2.33. The summed E-state index contributed by atoms with van der Waals surface area (Å²) in [6, 6.07) is 13.8. The monoisotopic (exact) mass is 325 g/mol. The van der Waals surface area contributed by atoms with Gasteiger partial charge in [0.25, 0.3) is 0 Å². The zero-order chi connectivity index (χ0) is 16.1. The van der Waals surface area contributed by atoms with Crippen LogP contribution in [0.5, 0.6) is 0 Å². The predicted octanol–water partition coefficient (Wildman–Crippen LogP) is 3.34. The van der Waals surface area contributed by atoms with Crippen LogP contribution >= 0.6 is 11.3 Å². The van der Waals surface area contributed by atoms with Gasteiger partial charge in [0.1, 0.15) is 5.01 Å². The van der Waals surface area contributed by atoms with E-state index in [0.29, 0.717) is 13.1 Å². The Kier molecular flexibility index (Phi) is 5.12. The molecule has 3 rings (SSSR count). The first-order chi connectivity index (χ1) is 11.2. The summed E-state index contributed by atoms with van der Waals surface area (Å²) in [7, 11) is 0. The highest BCUT2D eigenvalue weighted by molar-refractivity contribution is 7.13. The third kappa shape index (κ3) is 4.22. The Hall–Kier alpha value is -2.08. The first kappa shape index (κ1) is 15.8. The van der Waals surface area contributed by atoms with Crippen molar-refractivity contribution in [3.63, 3.8) is 0 Å². The maximum absolute atomic E-state index is 10.2. The van der Waals surface area contributed by atoms with E-state index in [-0.39, 0.29) is 0 Å². The Morgan fingerprint density at radius 1 is 1.22 bits per heavy atom. The van der Waals surface area contributed by atoms with E-state index in [2.05, 4.69) is 15.3 Å². The van der Waals surface area contributed by atoms with Gasteiger partial charge in [0.15, 0.2) is 0 Å². The van der Waals surface area contributed by atoms with Crippen LogP contribution in [0, 0.1) is 6.92 Å². The number of hydrogen-bond acceptors (Lipinski definition) is 5. The Morgan fingerprint density at radius 2 is 2.13 bits per heavy atom. The Labute approximate surface area is 139 Å². The lowest BCUT2D eigenvalue weighted by molar-refractivity contribution is 0.174. The number of pyridine rings is 1. The average molecular weight is 325 g/mol. The Balaban J connectivity index is 1.54. The van der Waals surface area contributed by atoms with Crippen LogP contribution in [0.3, 0.4) is 0 Å². The highest BCUT2D eigenvalue weighted by atomic mass is 32.1. The lowest BCUT2D eigenvalue weighted by Gasteiger charge is -2.12. The van der Waals surface area contributed by atoms with Gasteiger partial charge >= 0.3 is 0 Å². The van der Waals surface area contributed by atoms with Crippen LogP contribution in [0.2, 0.25) is 0 Å². The summed E-state index contributed by atoms with van der Waals surface area (Å²) < 4.78 is 0. The van der Waals surface area contributed by atoms with Gasteiger partial charge < -0.3 is 10.4 Å². The van der Waals surface area contributed by atoms with Crippen molar-refractivity contribution in [1.29, 1.82) is 0 Å². The van der Waals surface area contributed by atoms with Crippen molar-refractivity contribution < 1.29 is 5.11 Å². The second-order valence-electron chi connectivity index (χ2n) is 5.42. The van der Waals surface area contributed by atoms with Crippen LogP contribution in [0.25, 0.3) is 10.7 Å². The highest BCUT2D eigenvalue weighted by Gasteiger charge is 2.09. The molecule has 0 spiro atoms. The molecule has 2 N–H and O–H groups in total. The van der Waals surface area contributed by atoms with Gasteiger partial charge in [-0.25, -0.2) is 4.98 Å². The van der Waals surface area contributed by atoms with Crippen LogP contribution in [-0.4, -0.2) is 21.6 Å². The van der Waals surface area contributed by atoms with Gasteiger partial charge in [-0.15, -0.1) is 11.3 Å². The maximum atomic E-state index is 10.2. The van der Waals surface area contributed by atoms with Crippen molar-refractivity contribution in [2.45, 2.75) is 19.6 Å². The summed E-state index contributed by atoms with van der Waals surface area (Å²) in [5.74, 6) is 0. The van der Waals surface area contributed by atoms with Gasteiger partial charge in [-0.2, -0.15) is 0 Å². The average Bonchev–Trinajstić information content (AvgIpc) is 3.04. The van der Waals surface area contributed by atoms with Gasteiger partial charge in [0, 0.05) is 24.7 Å². The van der Waals surface area contributed by atoms with E-state index in [9.17, 15) is 5.11 Å². The van der Waals surface area contributed by atoms with Crippen LogP contribution in [-0.2, 0) is 6.54 Å². The lowest BCUT2D eigenvalue weighted by Crippen LogP contribution is -2.21. The highest BCUT2D eigenvalue weighted by Crippen LogP contribution is 2.21. The molecule has 2 heterocycles. The van der Waals surface area contributed by atoms with Gasteiger partial charge in [-0.1, -0.05) is 35.9 Å². The van der Waals surface area contributed by atoms with Crippen LogP contribution in [0.15, 0.2) is 54.0 Å². The molecule has 0 bridgehead atoms. The smallest absolute Gasteiger partial charge is 0.142 e. The number of nitrogens with zero attached hydrogens (tertiary/aromatic N) is 2. The SMILES string of the molecule is Cc1cccc(C(O)CNCc2csc(-c3ccccn3)n2)c1. The molecule has 0 aliphatic carbocycles. The second-order valence-corrected chi connectivity index (χ2v) is 6.28. The molecule has 2 aromatic heterocycles. The van der Waals surface area contributed by atoms with E-state index in [1.165, 1.54) is 0 Å². The molecule has 1 unspecified atom stereocenters. The van der Waals surface area contributed by atoms with E-state index in [1.807, 2.05) is 54.8 Å². The molecule has 118 valence electrons. The fourth-order valence-corrected chi connectivity index (χ4v) is 3.12. The minimum atomic E-state index is -0.510. The van der Waals surface area contributed by atoms with Crippen molar-refractivity contribution in [3.8, 4) is 10.7 Å². The molecule has 0 fully saturated rings. The summed E-state index contributed by atoms with van der Waals surface area (Å²) in [4.78, 5) is 8.88. The second kappa shape index (κ2) is 7.46. The lowest BCUT2D eigenvalue weighted by atomic mass is 10.1. The molecule has 0 saturated heterocycles. The summed E-state index contributed by atoms with van der Waals surface area (Å²) in [5.41, 5.74) is 3.95. The van der Waals surface area contributed by atoms with Gasteiger partial charge in [0.2, 0.25) is 0 Å². The molecule has 0 saturated carbocycles. The fraction of sp³-hybridized carbons (Fsp3) is 0.222. The Morgan fingerprint density at radius 3 is 2.91 bits per heavy atom. The zero-order valence-electron chi connectivity index (χ0n) is 12.9. The molecular formula is C18H19N3OS. The summed E-state index contributed by atoms with van der Waals surface area (Å²) in [5, 5.41) is 16.4. The third-order valence-corrected chi connectivity index (χ3v) is 4.42. The first-order valence-electron chi connectivity index (χ1n) is 7.53. The minimum absolute atomic E-state index is 0.500. The van der Waals surface area contributed by atoms with E-state index in [4.69, 9.17) is 0 Å². The van der Waals surface area contributed by atoms with E-state index < -0.39 is 6.10 Å². The van der Waals surface area contributed by atoms with Crippen LogP contribution in [0.4, 0.5) is 0 Å². The van der Waals surface area contributed by atoms with E-state index >= 15 is 0 Å².